The van der Waals surface area contributed by atoms with Gasteiger partial charge in [-0.25, -0.2) is 0 Å². The lowest BCUT2D eigenvalue weighted by Crippen LogP contribution is -2.31. The van der Waals surface area contributed by atoms with E-state index in [4.69, 9.17) is 5.73 Å². The van der Waals surface area contributed by atoms with Crippen molar-refractivity contribution in [3.8, 4) is 0 Å². The van der Waals surface area contributed by atoms with Gasteiger partial charge in [0.25, 0.3) is 5.91 Å². The van der Waals surface area contributed by atoms with Crippen LogP contribution in [0.1, 0.15) is 30.3 Å². The number of aromatic nitrogens is 1. The van der Waals surface area contributed by atoms with Gasteiger partial charge in [0.2, 0.25) is 5.91 Å². The van der Waals surface area contributed by atoms with Gasteiger partial charge in [-0.3, -0.25) is 9.59 Å². The van der Waals surface area contributed by atoms with Gasteiger partial charge in [-0.05, 0) is 30.7 Å². The number of nitrogens with two attached hydrogens (primary N) is 1. The van der Waals surface area contributed by atoms with Gasteiger partial charge in [0.1, 0.15) is 5.69 Å². The van der Waals surface area contributed by atoms with Crippen molar-refractivity contribution < 1.29 is 9.59 Å². The van der Waals surface area contributed by atoms with Gasteiger partial charge >= 0.3 is 0 Å². The average Bonchev–Trinajstić information content (AvgIpc) is 2.88. The number of hydrogen-bond donors (Lipinski definition) is 4. The van der Waals surface area contributed by atoms with Crippen LogP contribution in [0, 0.1) is 0 Å². The number of carbonyl (C=O) groups is 2. The number of benzene rings is 1. The lowest BCUT2D eigenvalue weighted by atomic mass is 10.2. The zero-order valence-corrected chi connectivity index (χ0v) is 12.0. The van der Waals surface area contributed by atoms with E-state index in [1.54, 1.807) is 18.2 Å². The molecule has 0 spiro atoms. The lowest BCUT2D eigenvalue weighted by molar-refractivity contribution is -0.120. The molecule has 1 aromatic carbocycles. The molecule has 0 saturated carbocycles. The van der Waals surface area contributed by atoms with Crippen LogP contribution in [0.25, 0.3) is 10.9 Å². The number of nitrogen functional groups attached to an aromatic ring is 1. The largest absolute Gasteiger partial charge is 0.399 e. The molecule has 0 aliphatic rings. The highest BCUT2D eigenvalue weighted by atomic mass is 16.2. The summed E-state index contributed by atoms with van der Waals surface area (Å²) in [5.74, 6) is -0.283. The molecule has 0 radical (unpaired) electrons. The van der Waals surface area contributed by atoms with Crippen LogP contribution >= 0.6 is 0 Å². The molecule has 5 N–H and O–H groups in total. The number of anilines is 1. The Bertz CT molecular complexity index is 648. The van der Waals surface area contributed by atoms with E-state index < -0.39 is 0 Å². The molecule has 6 nitrogen and oxygen atoms in total. The van der Waals surface area contributed by atoms with Crippen LogP contribution in [0.5, 0.6) is 0 Å². The molecule has 0 unspecified atom stereocenters. The summed E-state index contributed by atoms with van der Waals surface area (Å²) in [6.07, 6.45) is 1.18. The molecule has 0 bridgehead atoms. The fourth-order valence-corrected chi connectivity index (χ4v) is 2.01. The van der Waals surface area contributed by atoms with Crippen molar-refractivity contribution in [2.24, 2.45) is 0 Å². The van der Waals surface area contributed by atoms with Crippen LogP contribution < -0.4 is 16.4 Å². The minimum Gasteiger partial charge on any atom is -0.399 e. The van der Waals surface area contributed by atoms with Crippen LogP contribution in [0.15, 0.2) is 24.3 Å². The van der Waals surface area contributed by atoms with E-state index in [-0.39, 0.29) is 18.2 Å². The smallest absolute Gasteiger partial charge is 0.267 e. The van der Waals surface area contributed by atoms with E-state index >= 15 is 0 Å². The Kier molecular flexibility index (Phi) is 4.81. The first-order valence-corrected chi connectivity index (χ1v) is 7.03. The first-order chi connectivity index (χ1) is 10.1. The molecule has 6 heteroatoms. The predicted octanol–water partition coefficient (Wildman–Crippen LogP) is 1.40. The molecule has 21 heavy (non-hydrogen) atoms. The summed E-state index contributed by atoms with van der Waals surface area (Å²) in [5.41, 5.74) is 7.68. The second kappa shape index (κ2) is 6.78. The van der Waals surface area contributed by atoms with Crippen LogP contribution in [-0.2, 0) is 4.79 Å². The quantitative estimate of drug-likeness (QED) is 0.604. The Hall–Kier alpha value is -2.50. The summed E-state index contributed by atoms with van der Waals surface area (Å²) < 4.78 is 0. The maximum atomic E-state index is 12.0. The first kappa shape index (κ1) is 14.9. The fraction of sp³-hybridized carbons (Fsp3) is 0.333. The average molecular weight is 288 g/mol. The van der Waals surface area contributed by atoms with Crippen LogP contribution in [0.4, 0.5) is 5.69 Å². The standard InChI is InChI=1S/C15H20N4O2/c1-2-6-17-14(20)5-7-18-15(21)13-9-10-8-11(16)3-4-12(10)19-13/h3-4,8-9,19H,2,5-7,16H2,1H3,(H,17,20)(H,18,21). The monoisotopic (exact) mass is 288 g/mol. The zero-order chi connectivity index (χ0) is 15.2. The maximum Gasteiger partial charge on any atom is 0.267 e. The molecule has 112 valence electrons. The molecule has 0 aliphatic heterocycles. The van der Waals surface area contributed by atoms with Gasteiger partial charge in [-0.1, -0.05) is 6.92 Å². The van der Waals surface area contributed by atoms with E-state index in [0.29, 0.717) is 24.5 Å². The third kappa shape index (κ3) is 3.98. The van der Waals surface area contributed by atoms with E-state index in [9.17, 15) is 9.59 Å². The molecule has 0 aliphatic carbocycles. The zero-order valence-electron chi connectivity index (χ0n) is 12.0. The summed E-state index contributed by atoms with van der Waals surface area (Å²) in [6, 6.07) is 7.16. The van der Waals surface area contributed by atoms with Crippen molar-refractivity contribution in [1.29, 1.82) is 0 Å². The number of amides is 2. The number of carbonyl (C=O) groups excluding carboxylic acids is 2. The summed E-state index contributed by atoms with van der Waals surface area (Å²) in [7, 11) is 0. The highest BCUT2D eigenvalue weighted by Gasteiger charge is 2.10. The number of H-pyrrole nitrogens is 1. The fourth-order valence-electron chi connectivity index (χ4n) is 2.01. The predicted molar refractivity (Wildman–Crippen MR) is 83.0 cm³/mol. The minimum atomic E-state index is -0.229. The van der Waals surface area contributed by atoms with E-state index in [0.717, 1.165) is 17.3 Å². The minimum absolute atomic E-state index is 0.0541. The van der Waals surface area contributed by atoms with E-state index in [2.05, 4.69) is 15.6 Å². The van der Waals surface area contributed by atoms with Gasteiger partial charge < -0.3 is 21.4 Å². The van der Waals surface area contributed by atoms with Gasteiger partial charge in [-0.2, -0.15) is 0 Å². The Morgan fingerprint density at radius 3 is 2.76 bits per heavy atom. The molecule has 2 amide bonds. The third-order valence-electron chi connectivity index (χ3n) is 3.10. The molecule has 0 saturated heterocycles. The second-order valence-electron chi connectivity index (χ2n) is 4.89. The van der Waals surface area contributed by atoms with Crippen molar-refractivity contribution in [2.75, 3.05) is 18.8 Å². The Labute approximate surface area is 123 Å². The van der Waals surface area contributed by atoms with Crippen LogP contribution in [-0.4, -0.2) is 29.9 Å². The Balaban J connectivity index is 1.89. The molecule has 2 aromatic rings. The SMILES string of the molecule is CCCNC(=O)CCNC(=O)c1cc2cc(N)ccc2[nH]1. The number of hydrogen-bond acceptors (Lipinski definition) is 3. The molecule has 2 rings (SSSR count). The lowest BCUT2D eigenvalue weighted by Gasteiger charge is -2.04. The van der Waals surface area contributed by atoms with Crippen molar-refractivity contribution in [1.82, 2.24) is 15.6 Å². The summed E-state index contributed by atoms with van der Waals surface area (Å²) >= 11 is 0. The second-order valence-corrected chi connectivity index (χ2v) is 4.89. The van der Waals surface area contributed by atoms with Gasteiger partial charge in [0.05, 0.1) is 0 Å². The van der Waals surface area contributed by atoms with Crippen LogP contribution in [0.2, 0.25) is 0 Å². The Morgan fingerprint density at radius 1 is 1.19 bits per heavy atom. The number of aromatic amines is 1. The molecule has 0 atom stereocenters. The van der Waals surface area contributed by atoms with Gasteiger partial charge in [0.15, 0.2) is 0 Å². The van der Waals surface area contributed by atoms with E-state index in [1.165, 1.54) is 0 Å². The molecule has 1 aromatic heterocycles. The number of nitrogens with one attached hydrogen (secondary N) is 3. The van der Waals surface area contributed by atoms with Crippen LogP contribution in [0.3, 0.4) is 0 Å². The highest BCUT2D eigenvalue weighted by molar-refractivity contribution is 5.98. The molecular weight excluding hydrogens is 268 g/mol. The summed E-state index contributed by atoms with van der Waals surface area (Å²) in [6.45, 7) is 2.97. The molecular formula is C15H20N4O2. The maximum absolute atomic E-state index is 12.0. The summed E-state index contributed by atoms with van der Waals surface area (Å²) in [4.78, 5) is 26.4. The summed E-state index contributed by atoms with van der Waals surface area (Å²) in [5, 5.41) is 6.37. The van der Waals surface area contributed by atoms with Crippen molar-refractivity contribution in [3.05, 3.63) is 30.0 Å². The van der Waals surface area contributed by atoms with Crippen molar-refractivity contribution in [3.63, 3.8) is 0 Å². The first-order valence-electron chi connectivity index (χ1n) is 7.03. The van der Waals surface area contributed by atoms with Crippen molar-refractivity contribution >= 4 is 28.4 Å². The highest BCUT2D eigenvalue weighted by Crippen LogP contribution is 2.18. The van der Waals surface area contributed by atoms with Gasteiger partial charge in [-0.15, -0.1) is 0 Å². The Morgan fingerprint density at radius 2 is 2.00 bits per heavy atom. The number of rotatable bonds is 6. The molecule has 1 heterocycles. The van der Waals surface area contributed by atoms with E-state index in [1.807, 2.05) is 13.0 Å². The third-order valence-corrected chi connectivity index (χ3v) is 3.10. The van der Waals surface area contributed by atoms with Gasteiger partial charge in [0, 0.05) is 36.1 Å². The molecule has 0 fully saturated rings. The topological polar surface area (TPSA) is 100 Å². The number of fused-ring (bicyclic) bond motifs is 1. The van der Waals surface area contributed by atoms with Crippen molar-refractivity contribution in [2.45, 2.75) is 19.8 Å². The normalized spacial score (nSPS) is 10.5.